The van der Waals surface area contributed by atoms with E-state index in [0.717, 1.165) is 12.8 Å². The lowest BCUT2D eigenvalue weighted by Crippen LogP contribution is -2.46. The molecule has 0 bridgehead atoms. The average Bonchev–Trinajstić information content (AvgIpc) is 2.67. The molecule has 1 saturated heterocycles. The molecule has 1 unspecified atom stereocenters. The van der Waals surface area contributed by atoms with Gasteiger partial charge in [-0.25, -0.2) is 0 Å². The number of hydrogen-bond donors (Lipinski definition) is 1. The second-order valence-electron chi connectivity index (χ2n) is 5.99. The van der Waals surface area contributed by atoms with Crippen LogP contribution < -0.4 is 0 Å². The van der Waals surface area contributed by atoms with E-state index in [0.29, 0.717) is 32.0 Å². The molecular formula is C15H25NO4. The predicted molar refractivity (Wildman–Crippen MR) is 74.4 cm³/mol. The smallest absolute Gasteiger partial charge is 0.306 e. The molecule has 0 aromatic rings. The van der Waals surface area contributed by atoms with Crippen molar-refractivity contribution in [3.63, 3.8) is 0 Å². The van der Waals surface area contributed by atoms with Gasteiger partial charge in [0.25, 0.3) is 0 Å². The molecule has 114 valence electrons. The second-order valence-corrected chi connectivity index (χ2v) is 5.99. The van der Waals surface area contributed by atoms with Gasteiger partial charge in [-0.1, -0.05) is 25.7 Å². The fraction of sp³-hybridized carbons (Fsp3) is 0.867. The van der Waals surface area contributed by atoms with E-state index in [1.165, 1.54) is 25.7 Å². The van der Waals surface area contributed by atoms with E-state index >= 15 is 0 Å². The number of rotatable bonds is 4. The molecule has 2 aliphatic rings. The van der Waals surface area contributed by atoms with E-state index in [4.69, 9.17) is 9.84 Å². The normalized spacial score (nSPS) is 25.2. The minimum absolute atomic E-state index is 0.0206. The monoisotopic (exact) mass is 283 g/mol. The summed E-state index contributed by atoms with van der Waals surface area (Å²) >= 11 is 0. The quantitative estimate of drug-likeness (QED) is 0.802. The Bertz CT molecular complexity index is 337. The van der Waals surface area contributed by atoms with Crippen LogP contribution in [0.4, 0.5) is 0 Å². The maximum Gasteiger partial charge on any atom is 0.306 e. The van der Waals surface area contributed by atoms with Gasteiger partial charge in [-0.05, 0) is 18.8 Å². The number of hydrogen-bond acceptors (Lipinski definition) is 3. The molecule has 1 N–H and O–H groups in total. The molecule has 1 atom stereocenters. The Morgan fingerprint density at radius 2 is 1.80 bits per heavy atom. The van der Waals surface area contributed by atoms with Crippen LogP contribution in [0.3, 0.4) is 0 Å². The first-order valence-corrected chi connectivity index (χ1v) is 7.76. The van der Waals surface area contributed by atoms with Crippen LogP contribution >= 0.6 is 0 Å². The van der Waals surface area contributed by atoms with Crippen molar-refractivity contribution in [2.75, 3.05) is 19.7 Å². The van der Waals surface area contributed by atoms with Crippen molar-refractivity contribution in [2.24, 2.45) is 5.92 Å². The molecule has 2 rings (SSSR count). The number of carbonyl (C=O) groups is 2. The molecular weight excluding hydrogens is 258 g/mol. The lowest BCUT2D eigenvalue weighted by Gasteiger charge is -2.33. The first-order valence-electron chi connectivity index (χ1n) is 7.76. The van der Waals surface area contributed by atoms with Crippen LogP contribution in [0.15, 0.2) is 0 Å². The van der Waals surface area contributed by atoms with Crippen molar-refractivity contribution in [3.8, 4) is 0 Å². The van der Waals surface area contributed by atoms with E-state index < -0.39 is 5.97 Å². The van der Waals surface area contributed by atoms with Crippen molar-refractivity contribution >= 4 is 11.9 Å². The minimum Gasteiger partial charge on any atom is -0.481 e. The zero-order valence-electron chi connectivity index (χ0n) is 12.1. The van der Waals surface area contributed by atoms with Crippen LogP contribution in [0, 0.1) is 5.92 Å². The van der Waals surface area contributed by atoms with E-state index in [9.17, 15) is 9.59 Å². The van der Waals surface area contributed by atoms with Gasteiger partial charge >= 0.3 is 5.97 Å². The second kappa shape index (κ2) is 7.62. The molecule has 1 aliphatic heterocycles. The Morgan fingerprint density at radius 1 is 1.10 bits per heavy atom. The third kappa shape index (κ3) is 4.78. The molecule has 0 aromatic heterocycles. The van der Waals surface area contributed by atoms with E-state index in [2.05, 4.69) is 0 Å². The zero-order chi connectivity index (χ0) is 14.4. The van der Waals surface area contributed by atoms with Gasteiger partial charge in [0.15, 0.2) is 0 Å². The van der Waals surface area contributed by atoms with Crippen LogP contribution in [0.25, 0.3) is 0 Å². The third-order valence-corrected chi connectivity index (χ3v) is 4.33. The third-order valence-electron chi connectivity index (χ3n) is 4.33. The van der Waals surface area contributed by atoms with Crippen LogP contribution in [0.2, 0.25) is 0 Å². The molecule has 5 nitrogen and oxygen atoms in total. The largest absolute Gasteiger partial charge is 0.481 e. The van der Waals surface area contributed by atoms with Gasteiger partial charge in [0, 0.05) is 19.5 Å². The first kappa shape index (κ1) is 15.3. The Kier molecular flexibility index (Phi) is 5.83. The molecule has 1 saturated carbocycles. The van der Waals surface area contributed by atoms with Gasteiger partial charge in [-0.3, -0.25) is 9.59 Å². The van der Waals surface area contributed by atoms with E-state index in [1.807, 2.05) is 0 Å². The Balaban J connectivity index is 1.80. The molecule has 5 heteroatoms. The highest BCUT2D eigenvalue weighted by molar-refractivity contribution is 5.76. The summed E-state index contributed by atoms with van der Waals surface area (Å²) in [6.45, 7) is 1.48. The van der Waals surface area contributed by atoms with Crippen molar-refractivity contribution in [3.05, 3.63) is 0 Å². The van der Waals surface area contributed by atoms with Crippen LogP contribution in [-0.4, -0.2) is 47.7 Å². The summed E-state index contributed by atoms with van der Waals surface area (Å²) in [5.41, 5.74) is 0. The minimum atomic E-state index is -0.868. The van der Waals surface area contributed by atoms with Gasteiger partial charge in [0.1, 0.15) is 0 Å². The summed E-state index contributed by atoms with van der Waals surface area (Å²) in [5, 5.41) is 8.80. The number of nitrogens with zero attached hydrogens (tertiary/aromatic N) is 1. The summed E-state index contributed by atoms with van der Waals surface area (Å²) in [5.74, 6) is -0.172. The topological polar surface area (TPSA) is 66.8 Å². The summed E-state index contributed by atoms with van der Waals surface area (Å²) in [7, 11) is 0. The molecule has 0 spiro atoms. The van der Waals surface area contributed by atoms with Crippen molar-refractivity contribution < 1.29 is 19.4 Å². The van der Waals surface area contributed by atoms with Crippen LogP contribution in [0.1, 0.15) is 51.4 Å². The number of ether oxygens (including phenoxy) is 1. The number of carbonyl (C=O) groups excluding carboxylic acids is 1. The highest BCUT2D eigenvalue weighted by Crippen LogP contribution is 2.26. The summed E-state index contributed by atoms with van der Waals surface area (Å²) in [4.78, 5) is 24.8. The SMILES string of the molecule is O=C(O)CC1CN(C(=O)CC2CCCCCC2)CCO1. The number of amides is 1. The van der Waals surface area contributed by atoms with Gasteiger partial charge in [-0.2, -0.15) is 0 Å². The highest BCUT2D eigenvalue weighted by atomic mass is 16.5. The summed E-state index contributed by atoms with van der Waals surface area (Å²) in [6, 6.07) is 0. The van der Waals surface area contributed by atoms with Gasteiger partial charge in [0.05, 0.1) is 19.1 Å². The molecule has 2 fully saturated rings. The molecule has 1 amide bonds. The lowest BCUT2D eigenvalue weighted by molar-refractivity contribution is -0.148. The molecule has 0 radical (unpaired) electrons. The average molecular weight is 283 g/mol. The maximum absolute atomic E-state index is 12.3. The molecule has 0 aromatic carbocycles. The number of aliphatic carboxylic acids is 1. The van der Waals surface area contributed by atoms with Crippen molar-refractivity contribution in [1.29, 1.82) is 0 Å². The van der Waals surface area contributed by atoms with Gasteiger partial charge in [0.2, 0.25) is 5.91 Å². The predicted octanol–water partition coefficient (Wildman–Crippen LogP) is 2.05. The maximum atomic E-state index is 12.3. The van der Waals surface area contributed by atoms with Crippen LogP contribution in [-0.2, 0) is 14.3 Å². The molecule has 1 heterocycles. The first-order chi connectivity index (χ1) is 9.65. The Hall–Kier alpha value is -1.10. The standard InChI is InChI=1S/C15H25NO4/c17-14(9-12-5-3-1-2-4-6-12)16-7-8-20-13(11-16)10-15(18)19/h12-13H,1-11H2,(H,18,19). The lowest BCUT2D eigenvalue weighted by atomic mass is 9.96. The van der Waals surface area contributed by atoms with Crippen molar-refractivity contribution in [1.82, 2.24) is 4.90 Å². The van der Waals surface area contributed by atoms with Crippen molar-refractivity contribution in [2.45, 2.75) is 57.5 Å². The zero-order valence-corrected chi connectivity index (χ0v) is 12.1. The molecule has 20 heavy (non-hydrogen) atoms. The Labute approximate surface area is 120 Å². The van der Waals surface area contributed by atoms with Gasteiger partial charge < -0.3 is 14.7 Å². The van der Waals surface area contributed by atoms with Gasteiger partial charge in [-0.15, -0.1) is 0 Å². The van der Waals surface area contributed by atoms with E-state index in [1.54, 1.807) is 4.90 Å². The Morgan fingerprint density at radius 3 is 2.45 bits per heavy atom. The van der Waals surface area contributed by atoms with Crippen LogP contribution in [0.5, 0.6) is 0 Å². The molecule has 1 aliphatic carbocycles. The van der Waals surface area contributed by atoms with E-state index in [-0.39, 0.29) is 18.4 Å². The number of carboxylic acid groups (broad SMARTS) is 1. The summed E-state index contributed by atoms with van der Waals surface area (Å²) in [6.07, 6.45) is 7.65. The summed E-state index contributed by atoms with van der Waals surface area (Å²) < 4.78 is 5.40. The fourth-order valence-corrected chi connectivity index (χ4v) is 3.21. The number of carboxylic acids is 1. The highest BCUT2D eigenvalue weighted by Gasteiger charge is 2.27. The number of morpholine rings is 1. The fourth-order valence-electron chi connectivity index (χ4n) is 3.21.